The van der Waals surface area contributed by atoms with Gasteiger partial charge in [0, 0.05) is 6.54 Å². The lowest BCUT2D eigenvalue weighted by molar-refractivity contribution is -0.124. The Morgan fingerprint density at radius 3 is 2.68 bits per heavy atom. The molecular formula is C14H21NO4. The van der Waals surface area contributed by atoms with Gasteiger partial charge < -0.3 is 20.3 Å². The van der Waals surface area contributed by atoms with Crippen LogP contribution in [0.15, 0.2) is 18.2 Å². The number of aryl methyl sites for hydroxylation is 2. The number of hydrogen-bond donors (Lipinski definition) is 3. The number of benzene rings is 1. The van der Waals surface area contributed by atoms with Crippen molar-refractivity contribution in [2.45, 2.75) is 26.4 Å². The second-order valence-electron chi connectivity index (χ2n) is 4.99. The van der Waals surface area contributed by atoms with Crippen LogP contribution in [0.2, 0.25) is 0 Å². The standard InChI is InChI=1S/C14H21NO4/c1-10-4-5-12(11(2)6-10)19-7-13(17)15-8-14(3,18)9-16/h4-6,16,18H,7-9H2,1-3H3,(H,15,17). The SMILES string of the molecule is Cc1ccc(OCC(=O)NCC(C)(O)CO)c(C)c1. The van der Waals surface area contributed by atoms with Gasteiger partial charge in [-0.3, -0.25) is 4.79 Å². The second-order valence-corrected chi connectivity index (χ2v) is 4.99. The lowest BCUT2D eigenvalue weighted by Gasteiger charge is -2.20. The van der Waals surface area contributed by atoms with Gasteiger partial charge in [-0.1, -0.05) is 17.7 Å². The van der Waals surface area contributed by atoms with E-state index in [2.05, 4.69) is 5.32 Å². The van der Waals surface area contributed by atoms with Gasteiger partial charge in [0.1, 0.15) is 11.4 Å². The maximum absolute atomic E-state index is 11.5. The molecule has 5 heteroatoms. The van der Waals surface area contributed by atoms with E-state index in [1.54, 1.807) is 0 Å². The van der Waals surface area contributed by atoms with Gasteiger partial charge in [-0.05, 0) is 32.4 Å². The lowest BCUT2D eigenvalue weighted by Crippen LogP contribution is -2.44. The summed E-state index contributed by atoms with van der Waals surface area (Å²) in [4.78, 5) is 11.5. The van der Waals surface area contributed by atoms with Crippen molar-refractivity contribution in [1.29, 1.82) is 0 Å². The molecule has 0 bridgehead atoms. The second kappa shape index (κ2) is 6.54. The highest BCUT2D eigenvalue weighted by molar-refractivity contribution is 5.77. The number of nitrogens with one attached hydrogen (secondary N) is 1. The number of amides is 1. The third-order valence-corrected chi connectivity index (χ3v) is 2.70. The van der Waals surface area contributed by atoms with E-state index in [0.717, 1.165) is 11.1 Å². The van der Waals surface area contributed by atoms with Gasteiger partial charge in [-0.2, -0.15) is 0 Å². The summed E-state index contributed by atoms with van der Waals surface area (Å²) in [6, 6.07) is 5.71. The van der Waals surface area contributed by atoms with Crippen molar-refractivity contribution in [3.8, 4) is 5.75 Å². The predicted molar refractivity (Wildman–Crippen MR) is 72.1 cm³/mol. The van der Waals surface area contributed by atoms with Crippen LogP contribution in [-0.4, -0.2) is 41.5 Å². The number of ether oxygens (including phenoxy) is 1. The first-order valence-corrected chi connectivity index (χ1v) is 6.14. The van der Waals surface area contributed by atoms with Crippen LogP contribution in [0.25, 0.3) is 0 Å². The number of aliphatic hydroxyl groups excluding tert-OH is 1. The van der Waals surface area contributed by atoms with Crippen molar-refractivity contribution in [1.82, 2.24) is 5.32 Å². The minimum absolute atomic E-state index is 0.0153. The molecule has 0 spiro atoms. The average Bonchev–Trinajstić information content (AvgIpc) is 2.35. The summed E-state index contributed by atoms with van der Waals surface area (Å²) in [6.45, 7) is 4.80. The molecule has 1 unspecified atom stereocenters. The fourth-order valence-electron chi connectivity index (χ4n) is 1.50. The van der Waals surface area contributed by atoms with Crippen molar-refractivity contribution in [3.63, 3.8) is 0 Å². The molecule has 0 radical (unpaired) electrons. The summed E-state index contributed by atoms with van der Waals surface area (Å²) in [5.74, 6) is 0.323. The van der Waals surface area contributed by atoms with Crippen LogP contribution < -0.4 is 10.1 Å². The van der Waals surface area contributed by atoms with Crippen LogP contribution in [0.1, 0.15) is 18.1 Å². The van der Waals surface area contributed by atoms with Gasteiger partial charge in [-0.15, -0.1) is 0 Å². The summed E-state index contributed by atoms with van der Waals surface area (Å²) in [7, 11) is 0. The van der Waals surface area contributed by atoms with Crippen molar-refractivity contribution in [3.05, 3.63) is 29.3 Å². The molecule has 106 valence electrons. The van der Waals surface area contributed by atoms with Crippen molar-refractivity contribution < 1.29 is 19.7 Å². The molecule has 0 saturated heterocycles. The molecule has 0 aliphatic rings. The molecule has 3 N–H and O–H groups in total. The van der Waals surface area contributed by atoms with E-state index in [0.29, 0.717) is 5.75 Å². The van der Waals surface area contributed by atoms with Crippen molar-refractivity contribution in [2.75, 3.05) is 19.8 Å². The molecule has 1 atom stereocenters. The molecule has 0 aliphatic carbocycles. The summed E-state index contributed by atoms with van der Waals surface area (Å²) < 4.78 is 5.40. The largest absolute Gasteiger partial charge is 0.484 e. The molecule has 1 aromatic rings. The number of hydrogen-bond acceptors (Lipinski definition) is 4. The summed E-state index contributed by atoms with van der Waals surface area (Å²) in [5, 5.41) is 20.9. The lowest BCUT2D eigenvalue weighted by atomic mass is 10.1. The summed E-state index contributed by atoms with van der Waals surface area (Å²) in [6.07, 6.45) is 0. The normalized spacial score (nSPS) is 13.7. The Bertz CT molecular complexity index is 443. The molecule has 0 aromatic heterocycles. The minimum Gasteiger partial charge on any atom is -0.484 e. The van der Waals surface area contributed by atoms with Crippen LogP contribution >= 0.6 is 0 Å². The van der Waals surface area contributed by atoms with E-state index >= 15 is 0 Å². The Kier molecular flexibility index (Phi) is 5.32. The highest BCUT2D eigenvalue weighted by Gasteiger charge is 2.19. The van der Waals surface area contributed by atoms with Gasteiger partial charge >= 0.3 is 0 Å². The average molecular weight is 267 g/mol. The van der Waals surface area contributed by atoms with Crippen molar-refractivity contribution >= 4 is 5.91 Å². The van der Waals surface area contributed by atoms with E-state index in [1.165, 1.54) is 6.92 Å². The highest BCUT2D eigenvalue weighted by Crippen LogP contribution is 2.18. The quantitative estimate of drug-likeness (QED) is 0.703. The summed E-state index contributed by atoms with van der Waals surface area (Å²) >= 11 is 0. The van der Waals surface area contributed by atoms with E-state index in [-0.39, 0.29) is 19.1 Å². The Labute approximate surface area is 113 Å². The first kappa shape index (κ1) is 15.5. The van der Waals surface area contributed by atoms with Crippen LogP contribution in [0, 0.1) is 13.8 Å². The fraction of sp³-hybridized carbons (Fsp3) is 0.500. The fourth-order valence-corrected chi connectivity index (χ4v) is 1.50. The van der Waals surface area contributed by atoms with Gasteiger partial charge in [0.2, 0.25) is 0 Å². The molecular weight excluding hydrogens is 246 g/mol. The van der Waals surface area contributed by atoms with Gasteiger partial charge in [0.15, 0.2) is 6.61 Å². The van der Waals surface area contributed by atoms with Gasteiger partial charge in [-0.25, -0.2) is 0 Å². The molecule has 1 rings (SSSR count). The van der Waals surface area contributed by atoms with Gasteiger partial charge in [0.05, 0.1) is 6.61 Å². The molecule has 1 aromatic carbocycles. The topological polar surface area (TPSA) is 78.8 Å². The highest BCUT2D eigenvalue weighted by atomic mass is 16.5. The van der Waals surface area contributed by atoms with Crippen molar-refractivity contribution in [2.24, 2.45) is 0 Å². The first-order chi connectivity index (χ1) is 8.84. The zero-order chi connectivity index (χ0) is 14.5. The Balaban J connectivity index is 2.42. The zero-order valence-corrected chi connectivity index (χ0v) is 11.6. The van der Waals surface area contributed by atoms with E-state index in [9.17, 15) is 9.90 Å². The third kappa shape index (κ3) is 5.28. The number of carbonyl (C=O) groups is 1. The van der Waals surface area contributed by atoms with Crippen LogP contribution in [0.4, 0.5) is 0 Å². The molecule has 5 nitrogen and oxygen atoms in total. The van der Waals surface area contributed by atoms with Crippen LogP contribution in [0.5, 0.6) is 5.75 Å². The maximum atomic E-state index is 11.5. The number of carbonyl (C=O) groups excluding carboxylic acids is 1. The molecule has 1 amide bonds. The zero-order valence-electron chi connectivity index (χ0n) is 11.6. The molecule has 0 fully saturated rings. The summed E-state index contributed by atoms with van der Waals surface area (Å²) in [5.41, 5.74) is 0.790. The molecule has 19 heavy (non-hydrogen) atoms. The molecule has 0 aliphatic heterocycles. The smallest absolute Gasteiger partial charge is 0.258 e. The van der Waals surface area contributed by atoms with Crippen LogP contribution in [0.3, 0.4) is 0 Å². The van der Waals surface area contributed by atoms with Crippen LogP contribution in [-0.2, 0) is 4.79 Å². The number of rotatable bonds is 6. The monoisotopic (exact) mass is 267 g/mol. The first-order valence-electron chi connectivity index (χ1n) is 6.14. The molecule has 0 saturated carbocycles. The Morgan fingerprint density at radius 2 is 2.11 bits per heavy atom. The minimum atomic E-state index is -1.31. The van der Waals surface area contributed by atoms with E-state index in [1.807, 2.05) is 32.0 Å². The Morgan fingerprint density at radius 1 is 1.42 bits per heavy atom. The Hall–Kier alpha value is -1.59. The number of aliphatic hydroxyl groups is 2. The van der Waals surface area contributed by atoms with E-state index < -0.39 is 12.2 Å². The van der Waals surface area contributed by atoms with Gasteiger partial charge in [0.25, 0.3) is 5.91 Å². The predicted octanol–water partition coefficient (Wildman–Crippen LogP) is 0.542. The van der Waals surface area contributed by atoms with E-state index in [4.69, 9.17) is 9.84 Å². The molecule has 0 heterocycles. The maximum Gasteiger partial charge on any atom is 0.258 e. The third-order valence-electron chi connectivity index (χ3n) is 2.70.